The molecule has 0 amide bonds. The van der Waals surface area contributed by atoms with Gasteiger partial charge in [0, 0.05) is 75.9 Å². The monoisotopic (exact) mass is 585 g/mol. The van der Waals surface area contributed by atoms with E-state index in [2.05, 4.69) is 9.71 Å². The molecule has 24 heavy (non-hydrogen) atoms. The fourth-order valence-electron chi connectivity index (χ4n) is 2.47. The van der Waals surface area contributed by atoms with Crippen molar-refractivity contribution in [3.05, 3.63) is 46.6 Å². The molecule has 5 nitrogen and oxygen atoms in total. The van der Waals surface area contributed by atoms with E-state index in [0.29, 0.717) is 39.0 Å². The Balaban J connectivity index is 0.00000208. The van der Waals surface area contributed by atoms with E-state index in [1.807, 2.05) is 0 Å². The smallest absolute Gasteiger partial charge is 0.197 e. The summed E-state index contributed by atoms with van der Waals surface area (Å²) in [6, 6.07) is 10.5. The Morgan fingerprint density at radius 1 is 1.12 bits per heavy atom. The number of fused-ring (bicyclic) bond motifs is 2. The predicted molar refractivity (Wildman–Crippen MR) is 96.0 cm³/mol. The van der Waals surface area contributed by atoms with E-state index in [4.69, 9.17) is 17.9 Å². The molecule has 1 unspecified atom stereocenters. The maximum Gasteiger partial charge on any atom is 0.197 e. The van der Waals surface area contributed by atoms with E-state index < -0.39 is 10.8 Å². The van der Waals surface area contributed by atoms with Crippen LogP contribution >= 0.6 is 0 Å². The summed E-state index contributed by atoms with van der Waals surface area (Å²) in [5.74, 6) is 0.373. The number of rotatable bonds is 5. The van der Waals surface area contributed by atoms with Gasteiger partial charge in [0.2, 0.25) is 0 Å². The Morgan fingerprint density at radius 3 is 2.46 bits per heavy atom. The van der Waals surface area contributed by atoms with Gasteiger partial charge in [-0.15, -0.1) is 0 Å². The molecule has 0 aliphatic carbocycles. The zero-order chi connectivity index (χ0) is 16.4. The van der Waals surface area contributed by atoms with Crippen molar-refractivity contribution in [1.82, 2.24) is 4.98 Å². The maximum atomic E-state index is 12.7. The van der Waals surface area contributed by atoms with Crippen molar-refractivity contribution in [3.63, 3.8) is 0 Å². The maximum absolute atomic E-state index is 12.7. The topological polar surface area (TPSA) is 82.2 Å². The second-order valence-electron chi connectivity index (χ2n) is 5.15. The summed E-state index contributed by atoms with van der Waals surface area (Å²) in [6.45, 7) is 0.00138. The third-order valence-corrected chi connectivity index (χ3v) is 5.31. The zero-order valence-corrected chi connectivity index (χ0v) is 18.5. The van der Waals surface area contributed by atoms with Crippen molar-refractivity contribution >= 4 is 51.1 Å². The summed E-state index contributed by atoms with van der Waals surface area (Å²) in [5, 5.41) is 9.87. The molecule has 0 bridgehead atoms. The van der Waals surface area contributed by atoms with Gasteiger partial charge in [-0.25, -0.2) is 0 Å². The summed E-state index contributed by atoms with van der Waals surface area (Å²) < 4.78 is 14.8. The van der Waals surface area contributed by atoms with Gasteiger partial charge < -0.3 is 27.6 Å². The minimum atomic E-state index is -1.23. The van der Waals surface area contributed by atoms with Gasteiger partial charge in [-0.3, -0.25) is 9.00 Å². The van der Waals surface area contributed by atoms with Crippen LogP contribution in [0.2, 0.25) is 0 Å². The van der Waals surface area contributed by atoms with Gasteiger partial charge in [0.05, 0.1) is 10.8 Å². The summed E-state index contributed by atoms with van der Waals surface area (Å²) in [5.41, 5.74) is 1.98. The van der Waals surface area contributed by atoms with Gasteiger partial charge in [-0.05, 0) is 42.8 Å². The van der Waals surface area contributed by atoms with E-state index in [1.54, 1.807) is 36.4 Å². The van der Waals surface area contributed by atoms with Crippen molar-refractivity contribution < 1.29 is 40.4 Å². The van der Waals surface area contributed by atoms with Gasteiger partial charge in [-0.2, -0.15) is 0 Å². The number of nitrogens with one attached hydrogen (secondary N) is 2. The molecule has 0 saturated carbocycles. The van der Waals surface area contributed by atoms with Gasteiger partial charge >= 0.3 is 0 Å². The third-order valence-electron chi connectivity index (χ3n) is 3.64. The van der Waals surface area contributed by atoms with Crippen LogP contribution in [0.4, 0.5) is 5.69 Å². The van der Waals surface area contributed by atoms with Gasteiger partial charge in [0.25, 0.3) is 0 Å². The van der Waals surface area contributed by atoms with Crippen molar-refractivity contribution in [2.45, 2.75) is 11.3 Å². The molecule has 8 heteroatoms. The first kappa shape index (κ1) is 19.5. The molecule has 0 aliphatic rings. The quantitative estimate of drug-likeness (QED) is 0.316. The van der Waals surface area contributed by atoms with Crippen LogP contribution in [0.25, 0.3) is 21.8 Å². The number of benzene rings is 2. The number of aliphatic hydroxyl groups is 1. The Labute approximate surface area is 170 Å². The molecule has 3 aromatic rings. The molecule has 2 aromatic carbocycles. The standard InChI is InChI=1S/C16H15N2O3S2.U/c19-6-1-7-23(21)11-3-5-15-13(9-11)16(20)12-8-10(18-22)2-4-14(12)17-15;/h2-5,8-9,18-19H,1,6-7H2,(H,17,20);/q-1;. The molecule has 1 heterocycles. The minimum absolute atomic E-state index is 0. The second-order valence-corrected chi connectivity index (χ2v) is 6.93. The van der Waals surface area contributed by atoms with Gasteiger partial charge in [-0.1, -0.05) is 0 Å². The van der Waals surface area contributed by atoms with Gasteiger partial charge in [0.1, 0.15) is 0 Å². The SMILES string of the molecule is O=c1c2cc(N[S-])ccc2[nH]c2ccc(S(=O)CCCO)cc12.[U]. The van der Waals surface area contributed by atoms with Crippen molar-refractivity contribution in [3.8, 4) is 0 Å². The van der Waals surface area contributed by atoms with Gasteiger partial charge in [0.15, 0.2) is 5.43 Å². The number of hydrogen-bond donors (Lipinski definition) is 3. The van der Waals surface area contributed by atoms with Crippen LogP contribution in [0.15, 0.2) is 46.1 Å². The number of aliphatic hydroxyl groups excluding tert-OH is 1. The number of anilines is 1. The molecular weight excluding hydrogens is 570 g/mol. The van der Waals surface area contributed by atoms with Crippen LogP contribution in [-0.2, 0) is 23.6 Å². The Kier molecular flexibility index (Phi) is 6.96. The average molecular weight is 585 g/mol. The van der Waals surface area contributed by atoms with E-state index in [9.17, 15) is 9.00 Å². The molecule has 0 saturated heterocycles. The van der Waals surface area contributed by atoms with Crippen LogP contribution in [0, 0.1) is 31.1 Å². The van der Waals surface area contributed by atoms with Crippen molar-refractivity contribution in [2.75, 3.05) is 17.1 Å². The number of aromatic nitrogens is 1. The largest absolute Gasteiger partial charge is 0.670 e. The second kappa shape index (κ2) is 8.55. The number of aromatic amines is 1. The molecule has 0 aliphatic heterocycles. The molecule has 3 N–H and O–H groups in total. The van der Waals surface area contributed by atoms with Crippen LogP contribution in [0.3, 0.4) is 0 Å². The first-order valence-corrected chi connectivity index (χ1v) is 8.84. The Bertz CT molecular complexity index is 959. The Hall–Kier alpha value is -0.778. The van der Waals surface area contributed by atoms with E-state index >= 15 is 0 Å². The molecule has 0 radical (unpaired) electrons. The molecule has 0 spiro atoms. The van der Waals surface area contributed by atoms with E-state index in [1.165, 1.54) is 0 Å². The molecule has 0 fully saturated rings. The Morgan fingerprint density at radius 2 is 1.79 bits per heavy atom. The molecule has 3 rings (SSSR count). The summed E-state index contributed by atoms with van der Waals surface area (Å²) in [4.78, 5) is 16.5. The first-order valence-electron chi connectivity index (χ1n) is 7.11. The van der Waals surface area contributed by atoms with Crippen LogP contribution < -0.4 is 10.2 Å². The fourth-order valence-corrected chi connectivity index (χ4v) is 3.69. The molecule has 1 atom stereocenters. The van der Waals surface area contributed by atoms with Crippen molar-refractivity contribution in [2.24, 2.45) is 0 Å². The van der Waals surface area contributed by atoms with E-state index in [-0.39, 0.29) is 43.1 Å². The van der Waals surface area contributed by atoms with Crippen molar-refractivity contribution in [1.29, 1.82) is 0 Å². The average Bonchev–Trinajstić information content (AvgIpc) is 2.59. The van der Waals surface area contributed by atoms with Crippen LogP contribution in [-0.4, -0.2) is 26.7 Å². The number of hydrogen-bond acceptors (Lipinski definition) is 5. The first-order chi connectivity index (χ1) is 11.1. The fraction of sp³-hybridized carbons (Fsp3) is 0.188. The third kappa shape index (κ3) is 3.89. The minimum Gasteiger partial charge on any atom is -0.670 e. The van der Waals surface area contributed by atoms with Crippen LogP contribution in [0.1, 0.15) is 6.42 Å². The summed E-state index contributed by atoms with van der Waals surface area (Å²) in [7, 11) is -1.23. The molecule has 1 aromatic heterocycles. The normalized spacial score (nSPS) is 12.1. The van der Waals surface area contributed by atoms with Crippen LogP contribution in [0.5, 0.6) is 0 Å². The number of pyridine rings is 1. The predicted octanol–water partition coefficient (Wildman–Crippen LogP) is 2.05. The summed E-state index contributed by atoms with van der Waals surface area (Å²) in [6.07, 6.45) is 0.465. The zero-order valence-electron chi connectivity index (χ0n) is 12.7. The molecule has 124 valence electrons. The van der Waals surface area contributed by atoms with E-state index in [0.717, 1.165) is 5.52 Å². The molecular formula is C16H15N2O3S2U-. The number of H-pyrrole nitrogens is 1. The summed E-state index contributed by atoms with van der Waals surface area (Å²) >= 11 is 4.79.